The van der Waals surface area contributed by atoms with Gasteiger partial charge >= 0.3 is 0 Å². The van der Waals surface area contributed by atoms with Crippen LogP contribution >= 0.6 is 23.1 Å². The quantitative estimate of drug-likeness (QED) is 0.310. The fraction of sp³-hybridized carbons (Fsp3) is 0.276. The molecule has 5 rings (SSSR count). The summed E-state index contributed by atoms with van der Waals surface area (Å²) in [4.78, 5) is 28.3. The van der Waals surface area contributed by atoms with Crippen LogP contribution in [0.25, 0.3) is 16.9 Å². The molecule has 2 aromatic heterocycles. The zero-order valence-corrected chi connectivity index (χ0v) is 23.3. The first-order chi connectivity index (χ1) is 18.5. The van der Waals surface area contributed by atoms with E-state index in [2.05, 4.69) is 42.1 Å². The number of nitrogens with one attached hydrogen (secondary N) is 1. The number of anilines is 1. The number of nitrogens with zero attached hydrogens (tertiary/aromatic N) is 3. The van der Waals surface area contributed by atoms with Gasteiger partial charge in [0.05, 0.1) is 29.0 Å². The van der Waals surface area contributed by atoms with Gasteiger partial charge in [0.25, 0.3) is 0 Å². The van der Waals surface area contributed by atoms with Crippen molar-refractivity contribution in [2.75, 3.05) is 37.5 Å². The molecule has 0 saturated carbocycles. The van der Waals surface area contributed by atoms with Crippen molar-refractivity contribution in [3.8, 4) is 16.9 Å². The number of benzene rings is 2. The number of carbonyl (C=O) groups is 2. The van der Waals surface area contributed by atoms with E-state index in [9.17, 15) is 9.59 Å². The molecule has 196 valence electrons. The third-order valence-corrected chi connectivity index (χ3v) is 8.67. The molecular formula is C29H30N4O3S2. The summed E-state index contributed by atoms with van der Waals surface area (Å²) in [5.41, 5.74) is 6.92. The molecule has 4 aromatic rings. The normalized spacial score (nSPS) is 15.3. The number of amides is 2. The van der Waals surface area contributed by atoms with Gasteiger partial charge in [-0.15, -0.1) is 11.8 Å². The van der Waals surface area contributed by atoms with E-state index in [0.717, 1.165) is 39.2 Å². The largest absolute Gasteiger partial charge is 0.383 e. The van der Waals surface area contributed by atoms with Crippen LogP contribution in [-0.2, 0) is 14.3 Å². The summed E-state index contributed by atoms with van der Waals surface area (Å²) in [6.07, 6.45) is 0. The van der Waals surface area contributed by atoms with Crippen molar-refractivity contribution in [1.82, 2.24) is 15.1 Å². The number of thiophene rings is 1. The second-order valence-electron chi connectivity index (χ2n) is 9.15. The van der Waals surface area contributed by atoms with E-state index in [0.29, 0.717) is 19.0 Å². The topological polar surface area (TPSA) is 76.5 Å². The Morgan fingerprint density at radius 3 is 2.68 bits per heavy atom. The highest BCUT2D eigenvalue weighted by atomic mass is 32.2. The maximum atomic E-state index is 13.7. The van der Waals surface area contributed by atoms with E-state index in [1.54, 1.807) is 35.1 Å². The first-order valence-electron chi connectivity index (χ1n) is 12.4. The Labute approximate surface area is 230 Å². The van der Waals surface area contributed by atoms with Crippen LogP contribution in [0.4, 0.5) is 5.82 Å². The molecule has 0 radical (unpaired) electrons. The molecule has 0 fully saturated rings. The smallest absolute Gasteiger partial charge is 0.240 e. The number of thioether (sulfide) groups is 1. The summed E-state index contributed by atoms with van der Waals surface area (Å²) in [6.45, 7) is 4.81. The highest BCUT2D eigenvalue weighted by Gasteiger charge is 2.38. The standard InChI is InChI=1S/C29H30N4O3S2/c1-19-8-7-11-23(20(19)2)33-29-26(27(31-33)21-9-5-4-6-10-21)28(22-12-15-37-17-22)38-18-25(35)32(29)16-24(34)30-13-14-36-3/h4-12,15,17,28H,13-14,16,18H2,1-3H3,(H,30,34). The van der Waals surface area contributed by atoms with Crippen LogP contribution in [0.15, 0.2) is 65.4 Å². The van der Waals surface area contributed by atoms with Gasteiger partial charge in [0.15, 0.2) is 0 Å². The van der Waals surface area contributed by atoms with Crippen LogP contribution in [0.2, 0.25) is 0 Å². The molecule has 0 saturated heterocycles. The summed E-state index contributed by atoms with van der Waals surface area (Å²) < 4.78 is 6.94. The maximum Gasteiger partial charge on any atom is 0.240 e. The number of fused-ring (bicyclic) bond motifs is 1. The van der Waals surface area contributed by atoms with Crippen LogP contribution in [0.1, 0.15) is 27.5 Å². The van der Waals surface area contributed by atoms with Crippen molar-refractivity contribution in [1.29, 1.82) is 0 Å². The highest BCUT2D eigenvalue weighted by Crippen LogP contribution is 2.49. The Morgan fingerprint density at radius 1 is 1.13 bits per heavy atom. The highest BCUT2D eigenvalue weighted by molar-refractivity contribution is 8.00. The van der Waals surface area contributed by atoms with Crippen molar-refractivity contribution in [2.24, 2.45) is 0 Å². The molecule has 1 aliphatic heterocycles. The molecule has 7 nitrogen and oxygen atoms in total. The molecular weight excluding hydrogens is 516 g/mol. The minimum atomic E-state index is -0.240. The fourth-order valence-electron chi connectivity index (χ4n) is 4.64. The number of methoxy groups -OCH3 is 1. The summed E-state index contributed by atoms with van der Waals surface area (Å²) in [5, 5.41) is 12.1. The number of hydrogen-bond acceptors (Lipinski definition) is 6. The van der Waals surface area contributed by atoms with Gasteiger partial charge in [0.2, 0.25) is 11.8 Å². The van der Waals surface area contributed by atoms with Gasteiger partial charge in [-0.1, -0.05) is 42.5 Å². The SMILES string of the molecule is COCCNC(=O)CN1C(=O)CSC(c2ccsc2)c2c(-c3ccccc3)nn(-c3cccc(C)c3C)c21. The molecule has 2 amide bonds. The third kappa shape index (κ3) is 5.14. The Hall–Kier alpha value is -3.40. The maximum absolute atomic E-state index is 13.7. The molecule has 38 heavy (non-hydrogen) atoms. The lowest BCUT2D eigenvalue weighted by Crippen LogP contribution is -2.43. The average Bonchev–Trinajstić information content (AvgIpc) is 3.56. The van der Waals surface area contributed by atoms with Crippen LogP contribution in [0.3, 0.4) is 0 Å². The van der Waals surface area contributed by atoms with Crippen LogP contribution < -0.4 is 10.2 Å². The second kappa shape index (κ2) is 11.6. The van der Waals surface area contributed by atoms with Crippen LogP contribution in [0, 0.1) is 13.8 Å². The van der Waals surface area contributed by atoms with Crippen molar-refractivity contribution in [2.45, 2.75) is 19.1 Å². The number of aromatic nitrogens is 2. The summed E-state index contributed by atoms with van der Waals surface area (Å²) in [5.74, 6) is 0.532. The molecule has 0 bridgehead atoms. The number of hydrogen-bond donors (Lipinski definition) is 1. The molecule has 3 heterocycles. The first kappa shape index (κ1) is 26.2. The predicted octanol–water partition coefficient (Wildman–Crippen LogP) is 5.15. The van der Waals surface area contributed by atoms with Crippen LogP contribution in [0.5, 0.6) is 0 Å². The minimum absolute atomic E-state index is 0.0999. The summed E-state index contributed by atoms with van der Waals surface area (Å²) in [6, 6.07) is 18.2. The Morgan fingerprint density at radius 2 is 1.95 bits per heavy atom. The van der Waals surface area contributed by atoms with Gasteiger partial charge in [0.1, 0.15) is 12.4 Å². The zero-order valence-electron chi connectivity index (χ0n) is 21.6. The van der Waals surface area contributed by atoms with Gasteiger partial charge < -0.3 is 10.1 Å². The Balaban J connectivity index is 1.76. The van der Waals surface area contributed by atoms with Gasteiger partial charge in [-0.05, 0) is 53.4 Å². The molecule has 1 aliphatic rings. The van der Waals surface area contributed by atoms with Gasteiger partial charge in [0, 0.05) is 24.8 Å². The number of rotatable bonds is 8. The first-order valence-corrected chi connectivity index (χ1v) is 14.4. The zero-order chi connectivity index (χ0) is 26.6. The van der Waals surface area contributed by atoms with Crippen molar-refractivity contribution < 1.29 is 14.3 Å². The van der Waals surface area contributed by atoms with E-state index in [1.165, 1.54) is 0 Å². The molecule has 1 unspecified atom stereocenters. The summed E-state index contributed by atoms with van der Waals surface area (Å²) >= 11 is 3.21. The number of aryl methyl sites for hydroxylation is 1. The molecule has 1 atom stereocenters. The monoisotopic (exact) mass is 546 g/mol. The van der Waals surface area contributed by atoms with E-state index < -0.39 is 0 Å². The molecule has 2 aromatic carbocycles. The van der Waals surface area contributed by atoms with Gasteiger partial charge in [-0.3, -0.25) is 14.5 Å². The van der Waals surface area contributed by atoms with E-state index in [-0.39, 0.29) is 29.4 Å². The Bertz CT molecular complexity index is 1430. The lowest BCUT2D eigenvalue weighted by atomic mass is 10.0. The van der Waals surface area contributed by atoms with E-state index in [4.69, 9.17) is 9.84 Å². The van der Waals surface area contributed by atoms with Crippen molar-refractivity contribution in [3.05, 3.63) is 87.6 Å². The molecule has 9 heteroatoms. The van der Waals surface area contributed by atoms with Gasteiger partial charge in [-0.25, -0.2) is 4.68 Å². The average molecular weight is 547 g/mol. The number of ether oxygens (including phenoxy) is 1. The molecule has 0 aliphatic carbocycles. The van der Waals surface area contributed by atoms with Crippen LogP contribution in [-0.4, -0.2) is 54.2 Å². The lowest BCUT2D eigenvalue weighted by molar-refractivity contribution is -0.123. The van der Waals surface area contributed by atoms with Crippen molar-refractivity contribution in [3.63, 3.8) is 0 Å². The van der Waals surface area contributed by atoms with E-state index in [1.807, 2.05) is 47.1 Å². The van der Waals surface area contributed by atoms with E-state index >= 15 is 0 Å². The third-order valence-electron chi connectivity index (χ3n) is 6.72. The molecule has 0 spiro atoms. The second-order valence-corrected chi connectivity index (χ2v) is 11.0. The fourth-order valence-corrected chi connectivity index (χ4v) is 6.60. The Kier molecular flexibility index (Phi) is 7.97. The minimum Gasteiger partial charge on any atom is -0.383 e. The lowest BCUT2D eigenvalue weighted by Gasteiger charge is -2.24. The van der Waals surface area contributed by atoms with Crippen molar-refractivity contribution >= 4 is 40.7 Å². The molecule has 1 N–H and O–H groups in total. The summed E-state index contributed by atoms with van der Waals surface area (Å²) in [7, 11) is 1.59. The number of carbonyl (C=O) groups excluding carboxylic acids is 2. The van der Waals surface area contributed by atoms with Gasteiger partial charge in [-0.2, -0.15) is 16.4 Å². The predicted molar refractivity (Wildman–Crippen MR) is 154 cm³/mol.